The molecule has 0 aliphatic rings. The Morgan fingerprint density at radius 1 is 1.09 bits per heavy atom. The molecule has 0 radical (unpaired) electrons. The number of rotatable bonds is 10. The first kappa shape index (κ1) is 19.1. The third-order valence-corrected chi connectivity index (χ3v) is 4.03. The summed E-state index contributed by atoms with van der Waals surface area (Å²) in [6.07, 6.45) is 3.95. The average molecular weight is 323 g/mol. The normalized spacial score (nSPS) is 11.7. The highest BCUT2D eigenvalue weighted by atomic mass is 16.5. The fourth-order valence-corrected chi connectivity index (χ4v) is 2.54. The zero-order valence-corrected chi connectivity index (χ0v) is 14.9. The molecule has 1 aromatic carbocycles. The third-order valence-electron chi connectivity index (χ3n) is 4.03. The molecule has 0 aliphatic heterocycles. The predicted molar refractivity (Wildman–Crippen MR) is 91.3 cm³/mol. The minimum Gasteiger partial charge on any atom is -0.496 e. The summed E-state index contributed by atoms with van der Waals surface area (Å²) in [4.78, 5) is 12.4. The van der Waals surface area contributed by atoms with Crippen LogP contribution in [-0.2, 0) is 11.3 Å². The van der Waals surface area contributed by atoms with Crippen molar-refractivity contribution in [1.29, 1.82) is 0 Å². The first-order valence-electron chi connectivity index (χ1n) is 8.17. The van der Waals surface area contributed by atoms with Crippen LogP contribution >= 0.6 is 0 Å². The van der Waals surface area contributed by atoms with Crippen LogP contribution in [0.3, 0.4) is 0 Å². The summed E-state index contributed by atoms with van der Waals surface area (Å²) < 4.78 is 16.0. The molecular weight excluding hydrogens is 294 g/mol. The Kier molecular flexibility index (Phi) is 8.30. The molecule has 23 heavy (non-hydrogen) atoms. The maximum absolute atomic E-state index is 12.4. The monoisotopic (exact) mass is 323 g/mol. The summed E-state index contributed by atoms with van der Waals surface area (Å²) in [6.45, 7) is 4.56. The molecule has 0 bridgehead atoms. The lowest BCUT2D eigenvalue weighted by Gasteiger charge is -2.18. The van der Waals surface area contributed by atoms with E-state index >= 15 is 0 Å². The van der Waals surface area contributed by atoms with E-state index in [1.807, 2.05) is 0 Å². The second-order valence-electron chi connectivity index (χ2n) is 5.48. The van der Waals surface area contributed by atoms with Crippen molar-refractivity contribution >= 4 is 5.91 Å². The van der Waals surface area contributed by atoms with Gasteiger partial charge >= 0.3 is 0 Å². The highest BCUT2D eigenvalue weighted by Crippen LogP contribution is 2.34. The van der Waals surface area contributed by atoms with Crippen molar-refractivity contribution in [2.45, 2.75) is 46.1 Å². The molecule has 0 aromatic heterocycles. The second kappa shape index (κ2) is 9.98. The van der Waals surface area contributed by atoms with Crippen molar-refractivity contribution in [1.82, 2.24) is 5.32 Å². The second-order valence-corrected chi connectivity index (χ2v) is 5.48. The van der Waals surface area contributed by atoms with E-state index in [1.165, 1.54) is 0 Å². The van der Waals surface area contributed by atoms with Gasteiger partial charge in [-0.25, -0.2) is 0 Å². The molecule has 1 atom stereocenters. The van der Waals surface area contributed by atoms with Crippen LogP contribution < -0.4 is 19.5 Å². The lowest BCUT2D eigenvalue weighted by Crippen LogP contribution is -2.30. The Bertz CT molecular complexity index is 477. The quantitative estimate of drug-likeness (QED) is 0.715. The van der Waals surface area contributed by atoms with Gasteiger partial charge in [0.25, 0.3) is 0 Å². The van der Waals surface area contributed by atoms with Crippen LogP contribution in [-0.4, -0.2) is 27.2 Å². The molecule has 0 saturated carbocycles. The van der Waals surface area contributed by atoms with Crippen LogP contribution in [0.15, 0.2) is 12.1 Å². The van der Waals surface area contributed by atoms with E-state index in [-0.39, 0.29) is 11.8 Å². The van der Waals surface area contributed by atoms with Crippen LogP contribution in [0.1, 0.15) is 45.1 Å². The van der Waals surface area contributed by atoms with E-state index in [0.29, 0.717) is 23.8 Å². The standard InChI is InChI=1S/C18H29NO4/c1-6-8-9-13(7-2)18(20)19-12-15-16(22-4)10-14(21-3)11-17(15)23-5/h10-11,13H,6-9,12H2,1-5H3,(H,19,20). The predicted octanol–water partition coefficient (Wildman–Crippen LogP) is 3.55. The molecule has 0 spiro atoms. The van der Waals surface area contributed by atoms with E-state index < -0.39 is 0 Å². The van der Waals surface area contributed by atoms with Gasteiger partial charge in [0.05, 0.1) is 33.4 Å². The number of methoxy groups -OCH3 is 3. The van der Waals surface area contributed by atoms with E-state index in [4.69, 9.17) is 14.2 Å². The number of nitrogens with one attached hydrogen (secondary N) is 1. The van der Waals surface area contributed by atoms with Crippen LogP contribution in [0.2, 0.25) is 0 Å². The number of amides is 1. The van der Waals surface area contributed by atoms with Gasteiger partial charge in [-0.1, -0.05) is 26.7 Å². The number of hydrogen-bond acceptors (Lipinski definition) is 4. The van der Waals surface area contributed by atoms with Crippen molar-refractivity contribution in [2.24, 2.45) is 5.92 Å². The lowest BCUT2D eigenvalue weighted by atomic mass is 9.98. The molecular formula is C18H29NO4. The van der Waals surface area contributed by atoms with Crippen LogP contribution in [0, 0.1) is 5.92 Å². The van der Waals surface area contributed by atoms with Crippen molar-refractivity contribution in [3.63, 3.8) is 0 Å². The van der Waals surface area contributed by atoms with Gasteiger partial charge in [-0.15, -0.1) is 0 Å². The molecule has 0 saturated heterocycles. The zero-order valence-electron chi connectivity index (χ0n) is 14.9. The minimum absolute atomic E-state index is 0.0604. The Hall–Kier alpha value is -1.91. The maximum Gasteiger partial charge on any atom is 0.223 e. The van der Waals surface area contributed by atoms with E-state index in [1.54, 1.807) is 33.5 Å². The molecule has 0 aliphatic carbocycles. The average Bonchev–Trinajstić information content (AvgIpc) is 2.59. The summed E-state index contributed by atoms with van der Waals surface area (Å²) in [6, 6.07) is 3.58. The summed E-state index contributed by atoms with van der Waals surface area (Å²) in [7, 11) is 4.78. The summed E-state index contributed by atoms with van der Waals surface area (Å²) in [5.41, 5.74) is 0.814. The Morgan fingerprint density at radius 3 is 2.13 bits per heavy atom. The lowest BCUT2D eigenvalue weighted by molar-refractivity contribution is -0.125. The number of benzene rings is 1. The topological polar surface area (TPSA) is 56.8 Å². The summed E-state index contributed by atoms with van der Waals surface area (Å²) >= 11 is 0. The number of ether oxygens (including phenoxy) is 3. The Labute approximate surface area is 139 Å². The number of carbonyl (C=O) groups is 1. The first-order valence-corrected chi connectivity index (χ1v) is 8.17. The van der Waals surface area contributed by atoms with Gasteiger partial charge in [-0.2, -0.15) is 0 Å². The van der Waals surface area contributed by atoms with E-state index in [9.17, 15) is 4.79 Å². The fraction of sp³-hybridized carbons (Fsp3) is 0.611. The summed E-state index contributed by atoms with van der Waals surface area (Å²) in [5, 5.41) is 3.01. The van der Waals surface area contributed by atoms with Gasteiger partial charge in [-0.3, -0.25) is 4.79 Å². The molecule has 1 aromatic rings. The molecule has 1 N–H and O–H groups in total. The molecule has 0 heterocycles. The van der Waals surface area contributed by atoms with Gasteiger partial charge in [0, 0.05) is 18.1 Å². The highest BCUT2D eigenvalue weighted by molar-refractivity contribution is 5.78. The van der Waals surface area contributed by atoms with Gasteiger partial charge in [0.2, 0.25) is 5.91 Å². The van der Waals surface area contributed by atoms with Crippen molar-refractivity contribution in [3.8, 4) is 17.2 Å². The van der Waals surface area contributed by atoms with Crippen LogP contribution in [0.4, 0.5) is 0 Å². The SMILES string of the molecule is CCCCC(CC)C(=O)NCc1c(OC)cc(OC)cc1OC. The first-order chi connectivity index (χ1) is 11.1. The van der Waals surface area contributed by atoms with Gasteiger partial charge in [0.1, 0.15) is 17.2 Å². The van der Waals surface area contributed by atoms with Crippen molar-refractivity contribution in [2.75, 3.05) is 21.3 Å². The molecule has 130 valence electrons. The van der Waals surface area contributed by atoms with E-state index in [0.717, 1.165) is 31.2 Å². The molecule has 1 rings (SSSR count). The Balaban J connectivity index is 2.85. The van der Waals surface area contributed by atoms with Crippen LogP contribution in [0.25, 0.3) is 0 Å². The fourth-order valence-electron chi connectivity index (χ4n) is 2.54. The number of unbranched alkanes of at least 4 members (excludes halogenated alkanes) is 1. The maximum atomic E-state index is 12.4. The van der Waals surface area contributed by atoms with Gasteiger partial charge < -0.3 is 19.5 Å². The largest absolute Gasteiger partial charge is 0.496 e. The highest BCUT2D eigenvalue weighted by Gasteiger charge is 2.18. The number of carbonyl (C=O) groups excluding carboxylic acids is 1. The van der Waals surface area contributed by atoms with E-state index in [2.05, 4.69) is 19.2 Å². The molecule has 5 heteroatoms. The summed E-state index contributed by atoms with van der Waals surface area (Å²) in [5.74, 6) is 2.08. The van der Waals surface area contributed by atoms with Gasteiger partial charge in [-0.05, 0) is 12.8 Å². The van der Waals surface area contributed by atoms with Crippen LogP contribution in [0.5, 0.6) is 17.2 Å². The molecule has 5 nitrogen and oxygen atoms in total. The zero-order chi connectivity index (χ0) is 17.2. The molecule has 1 unspecified atom stereocenters. The molecule has 0 fully saturated rings. The van der Waals surface area contributed by atoms with Crippen molar-refractivity contribution in [3.05, 3.63) is 17.7 Å². The van der Waals surface area contributed by atoms with Crippen molar-refractivity contribution < 1.29 is 19.0 Å². The smallest absolute Gasteiger partial charge is 0.223 e. The third kappa shape index (κ3) is 5.34. The number of hydrogen-bond donors (Lipinski definition) is 1. The van der Waals surface area contributed by atoms with Gasteiger partial charge in [0.15, 0.2) is 0 Å². The minimum atomic E-state index is 0.0604. The molecule has 1 amide bonds. The Morgan fingerprint density at radius 2 is 1.70 bits per heavy atom.